The number of aryl methyl sites for hydroxylation is 1. The minimum Gasteiger partial charge on any atom is -0.382 e. The van der Waals surface area contributed by atoms with Crippen LogP contribution < -0.4 is 5.73 Å². The summed E-state index contributed by atoms with van der Waals surface area (Å²) >= 11 is 0. The van der Waals surface area contributed by atoms with E-state index in [0.29, 0.717) is 19.2 Å². The number of fused-ring (bicyclic) bond motifs is 1. The molecule has 1 aromatic carbocycles. The number of ether oxygens (including phenoxy) is 1. The van der Waals surface area contributed by atoms with Gasteiger partial charge < -0.3 is 19.9 Å². The maximum absolute atomic E-state index is 6.39. The third-order valence-electron chi connectivity index (χ3n) is 6.02. The molecule has 0 bridgehead atoms. The Morgan fingerprint density at radius 2 is 1.97 bits per heavy atom. The number of benzene rings is 1. The molecule has 1 fully saturated rings. The number of nitrogen functional groups attached to an aromatic ring is 1. The standard InChI is InChI=1S/C27H35N5O/c1-3-4-14-24-29-25-23(13-9-6-10-15-31-16-21(2)17-31)18-32(26(25)27(28)30-24)20-33-19-22-11-7-5-8-12-22/h5,7-8,11-12,18,21H,3-4,6,10,14-17,19-20H2,1-2H3,(H2,28,29,30). The van der Waals surface area contributed by atoms with E-state index in [4.69, 9.17) is 15.5 Å². The van der Waals surface area contributed by atoms with Crippen molar-refractivity contribution < 1.29 is 4.74 Å². The van der Waals surface area contributed by atoms with Crippen LogP contribution in [-0.4, -0.2) is 39.1 Å². The van der Waals surface area contributed by atoms with E-state index in [1.807, 2.05) is 29.0 Å². The van der Waals surface area contributed by atoms with Crippen LogP contribution in [-0.2, 0) is 24.5 Å². The summed E-state index contributed by atoms with van der Waals surface area (Å²) in [6, 6.07) is 10.2. The topological polar surface area (TPSA) is 69.2 Å². The second-order valence-electron chi connectivity index (χ2n) is 9.07. The lowest BCUT2D eigenvalue weighted by Gasteiger charge is -2.36. The van der Waals surface area contributed by atoms with Gasteiger partial charge in [0.25, 0.3) is 0 Å². The van der Waals surface area contributed by atoms with Gasteiger partial charge in [0, 0.05) is 32.1 Å². The highest BCUT2D eigenvalue weighted by atomic mass is 16.5. The lowest BCUT2D eigenvalue weighted by molar-refractivity contribution is 0.0668. The highest BCUT2D eigenvalue weighted by Crippen LogP contribution is 2.24. The van der Waals surface area contributed by atoms with Crippen molar-refractivity contribution in [2.75, 3.05) is 25.4 Å². The van der Waals surface area contributed by atoms with E-state index < -0.39 is 0 Å². The number of unbranched alkanes of at least 4 members (excludes halogenated alkanes) is 2. The molecule has 33 heavy (non-hydrogen) atoms. The third-order valence-corrected chi connectivity index (χ3v) is 6.02. The van der Waals surface area contributed by atoms with E-state index in [2.05, 4.69) is 47.7 Å². The molecular weight excluding hydrogens is 410 g/mol. The molecule has 6 heteroatoms. The van der Waals surface area contributed by atoms with Crippen molar-refractivity contribution in [3.8, 4) is 11.8 Å². The lowest BCUT2D eigenvalue weighted by Crippen LogP contribution is -2.45. The molecule has 0 aliphatic carbocycles. The lowest BCUT2D eigenvalue weighted by atomic mass is 10.0. The predicted molar refractivity (Wildman–Crippen MR) is 133 cm³/mol. The van der Waals surface area contributed by atoms with Gasteiger partial charge in [0.1, 0.15) is 23.6 Å². The molecule has 0 saturated carbocycles. The Labute approximate surface area is 197 Å². The smallest absolute Gasteiger partial charge is 0.151 e. The highest BCUT2D eigenvalue weighted by Gasteiger charge is 2.21. The van der Waals surface area contributed by atoms with Crippen molar-refractivity contribution in [1.82, 2.24) is 19.4 Å². The van der Waals surface area contributed by atoms with Gasteiger partial charge in [-0.05, 0) is 30.9 Å². The molecule has 2 N–H and O–H groups in total. The first kappa shape index (κ1) is 23.3. The van der Waals surface area contributed by atoms with Gasteiger partial charge in [-0.3, -0.25) is 0 Å². The van der Waals surface area contributed by atoms with Crippen LogP contribution in [0.15, 0.2) is 36.5 Å². The minimum absolute atomic E-state index is 0.377. The summed E-state index contributed by atoms with van der Waals surface area (Å²) < 4.78 is 7.96. The van der Waals surface area contributed by atoms with Crippen molar-refractivity contribution in [2.24, 2.45) is 5.92 Å². The molecule has 4 rings (SSSR count). The summed E-state index contributed by atoms with van der Waals surface area (Å²) in [5, 5.41) is 0. The van der Waals surface area contributed by atoms with Gasteiger partial charge in [-0.1, -0.05) is 62.4 Å². The van der Waals surface area contributed by atoms with Crippen LogP contribution in [0, 0.1) is 17.8 Å². The average molecular weight is 446 g/mol. The number of aromatic nitrogens is 3. The molecule has 6 nitrogen and oxygen atoms in total. The van der Waals surface area contributed by atoms with Gasteiger partial charge >= 0.3 is 0 Å². The second kappa shape index (κ2) is 11.3. The highest BCUT2D eigenvalue weighted by molar-refractivity contribution is 5.90. The Morgan fingerprint density at radius 1 is 1.15 bits per heavy atom. The SMILES string of the molecule is CCCCc1nc(N)c2c(n1)c(C#CCCCN1CC(C)C1)cn2COCc1ccccc1. The minimum atomic E-state index is 0.377. The third kappa shape index (κ3) is 6.13. The Hall–Kier alpha value is -2.88. The zero-order valence-electron chi connectivity index (χ0n) is 19.9. The fraction of sp³-hybridized carbons (Fsp3) is 0.481. The number of hydrogen-bond acceptors (Lipinski definition) is 5. The number of hydrogen-bond donors (Lipinski definition) is 1. The molecule has 0 atom stereocenters. The zero-order chi connectivity index (χ0) is 23.0. The van der Waals surface area contributed by atoms with E-state index in [0.717, 1.165) is 72.6 Å². The Morgan fingerprint density at radius 3 is 2.73 bits per heavy atom. The van der Waals surface area contributed by atoms with E-state index in [9.17, 15) is 0 Å². The summed E-state index contributed by atoms with van der Waals surface area (Å²) in [6.07, 6.45) is 6.95. The predicted octanol–water partition coefficient (Wildman–Crippen LogP) is 4.61. The van der Waals surface area contributed by atoms with Crippen molar-refractivity contribution in [1.29, 1.82) is 0 Å². The van der Waals surface area contributed by atoms with Crippen molar-refractivity contribution in [3.63, 3.8) is 0 Å². The van der Waals surface area contributed by atoms with E-state index in [-0.39, 0.29) is 0 Å². The number of nitrogens with two attached hydrogens (primary N) is 1. The first-order valence-corrected chi connectivity index (χ1v) is 12.1. The van der Waals surface area contributed by atoms with E-state index >= 15 is 0 Å². The Kier molecular flexibility index (Phi) is 7.98. The fourth-order valence-electron chi connectivity index (χ4n) is 4.31. The second-order valence-corrected chi connectivity index (χ2v) is 9.07. The maximum Gasteiger partial charge on any atom is 0.151 e. The molecule has 0 radical (unpaired) electrons. The molecule has 3 aromatic rings. The van der Waals surface area contributed by atoms with Crippen LogP contribution in [0.5, 0.6) is 0 Å². The first-order chi connectivity index (χ1) is 16.1. The summed E-state index contributed by atoms with van der Waals surface area (Å²) in [4.78, 5) is 11.9. The summed E-state index contributed by atoms with van der Waals surface area (Å²) in [5.74, 6) is 8.84. The first-order valence-electron chi connectivity index (χ1n) is 12.1. The van der Waals surface area contributed by atoms with Crippen LogP contribution in [0.25, 0.3) is 11.0 Å². The molecular formula is C27H35N5O. The monoisotopic (exact) mass is 445 g/mol. The van der Waals surface area contributed by atoms with Gasteiger partial charge in [-0.15, -0.1) is 0 Å². The molecule has 2 aromatic heterocycles. The quantitative estimate of drug-likeness (QED) is 0.364. The molecule has 1 aliphatic rings. The van der Waals surface area contributed by atoms with Crippen molar-refractivity contribution in [2.45, 2.75) is 59.3 Å². The van der Waals surface area contributed by atoms with Crippen LogP contribution in [0.2, 0.25) is 0 Å². The van der Waals surface area contributed by atoms with Crippen molar-refractivity contribution in [3.05, 3.63) is 53.5 Å². The molecule has 1 saturated heterocycles. The van der Waals surface area contributed by atoms with Crippen LogP contribution >= 0.6 is 0 Å². The van der Waals surface area contributed by atoms with Gasteiger partial charge in [0.05, 0.1) is 12.2 Å². The summed E-state index contributed by atoms with van der Waals surface area (Å²) in [6.45, 7) is 8.96. The van der Waals surface area contributed by atoms with Crippen LogP contribution in [0.4, 0.5) is 5.82 Å². The molecule has 0 unspecified atom stereocenters. The van der Waals surface area contributed by atoms with Gasteiger partial charge in [0.15, 0.2) is 5.82 Å². The Bertz CT molecular complexity index is 1110. The number of nitrogens with zero attached hydrogens (tertiary/aromatic N) is 4. The van der Waals surface area contributed by atoms with Gasteiger partial charge in [-0.25, -0.2) is 9.97 Å². The molecule has 174 valence electrons. The average Bonchev–Trinajstić information content (AvgIpc) is 3.14. The molecule has 1 aliphatic heterocycles. The van der Waals surface area contributed by atoms with E-state index in [1.165, 1.54) is 13.1 Å². The zero-order valence-corrected chi connectivity index (χ0v) is 19.9. The van der Waals surface area contributed by atoms with Crippen LogP contribution in [0.3, 0.4) is 0 Å². The van der Waals surface area contributed by atoms with E-state index in [1.54, 1.807) is 0 Å². The number of anilines is 1. The van der Waals surface area contributed by atoms with Gasteiger partial charge in [0.2, 0.25) is 0 Å². The van der Waals surface area contributed by atoms with Crippen LogP contribution in [0.1, 0.15) is 56.5 Å². The molecule has 0 spiro atoms. The van der Waals surface area contributed by atoms with Gasteiger partial charge in [-0.2, -0.15) is 0 Å². The molecule has 0 amide bonds. The number of rotatable bonds is 10. The maximum atomic E-state index is 6.39. The fourth-order valence-corrected chi connectivity index (χ4v) is 4.31. The summed E-state index contributed by atoms with van der Waals surface area (Å²) in [5.41, 5.74) is 10.1. The largest absolute Gasteiger partial charge is 0.382 e. The number of likely N-dealkylation sites (tertiary alicyclic amines) is 1. The summed E-state index contributed by atoms with van der Waals surface area (Å²) in [7, 11) is 0. The molecule has 3 heterocycles. The Balaban J connectivity index is 1.49. The van der Waals surface area contributed by atoms with Crippen molar-refractivity contribution >= 4 is 16.9 Å². The normalized spacial score (nSPS) is 14.2.